The highest BCUT2D eigenvalue weighted by Crippen LogP contribution is 2.13. The number of nitrogens with zero attached hydrogens (tertiary/aromatic N) is 1. The van der Waals surface area contributed by atoms with E-state index in [1.54, 1.807) is 0 Å². The number of aromatic nitrogens is 1. The van der Waals surface area contributed by atoms with Crippen molar-refractivity contribution in [3.05, 3.63) is 52.5 Å². The zero-order chi connectivity index (χ0) is 12.1. The lowest BCUT2D eigenvalue weighted by Crippen LogP contribution is -2.09. The molecule has 4 N–H and O–H groups in total. The summed E-state index contributed by atoms with van der Waals surface area (Å²) < 4.78 is 1.07. The van der Waals surface area contributed by atoms with Gasteiger partial charge in [0.15, 0.2) is 0 Å². The minimum absolute atomic E-state index is 0.643. The second-order valence-corrected chi connectivity index (χ2v) is 4.45. The minimum atomic E-state index is 0.643. The molecule has 0 atom stereocenters. The number of hydrogen-bond acceptors (Lipinski definition) is 4. The van der Waals surface area contributed by atoms with Gasteiger partial charge in [-0.1, -0.05) is 34.1 Å². The Balaban J connectivity index is 2.02. The van der Waals surface area contributed by atoms with Gasteiger partial charge in [0.05, 0.1) is 0 Å². The fourth-order valence-electron chi connectivity index (χ4n) is 1.45. The van der Waals surface area contributed by atoms with E-state index in [4.69, 9.17) is 5.84 Å². The Hall–Kier alpha value is -1.59. The summed E-state index contributed by atoms with van der Waals surface area (Å²) in [5, 5.41) is 3.24. The summed E-state index contributed by atoms with van der Waals surface area (Å²) in [7, 11) is 0. The standard InChI is InChI=1S/C12H13BrN4/c13-10-4-1-3-9(7-10)8-15-11-5-2-6-12(16-11)17-14/h1-7H,8,14H2,(H2,15,16,17). The molecule has 0 bridgehead atoms. The lowest BCUT2D eigenvalue weighted by atomic mass is 10.2. The molecule has 17 heavy (non-hydrogen) atoms. The quantitative estimate of drug-likeness (QED) is 0.599. The highest BCUT2D eigenvalue weighted by molar-refractivity contribution is 9.10. The molecule has 0 unspecified atom stereocenters. The maximum Gasteiger partial charge on any atom is 0.142 e. The molecule has 0 aliphatic carbocycles. The van der Waals surface area contributed by atoms with Crippen molar-refractivity contribution >= 4 is 27.6 Å². The van der Waals surface area contributed by atoms with Crippen LogP contribution in [0.25, 0.3) is 0 Å². The molecule has 4 nitrogen and oxygen atoms in total. The number of rotatable bonds is 4. The van der Waals surface area contributed by atoms with Crippen LogP contribution in [0.15, 0.2) is 46.9 Å². The number of halogens is 1. The fraction of sp³-hybridized carbons (Fsp3) is 0.0833. The summed E-state index contributed by atoms with van der Waals surface area (Å²) in [4.78, 5) is 4.27. The van der Waals surface area contributed by atoms with E-state index in [-0.39, 0.29) is 0 Å². The Morgan fingerprint density at radius 2 is 1.88 bits per heavy atom. The predicted octanol–water partition coefficient (Wildman–Crippen LogP) is 2.74. The van der Waals surface area contributed by atoms with Crippen LogP contribution in [-0.2, 0) is 6.54 Å². The molecule has 88 valence electrons. The van der Waals surface area contributed by atoms with E-state index >= 15 is 0 Å². The number of pyridine rings is 1. The van der Waals surface area contributed by atoms with Gasteiger partial charge in [0, 0.05) is 11.0 Å². The van der Waals surface area contributed by atoms with E-state index in [1.807, 2.05) is 30.3 Å². The SMILES string of the molecule is NNc1cccc(NCc2cccc(Br)c2)n1. The zero-order valence-electron chi connectivity index (χ0n) is 9.15. The molecule has 0 radical (unpaired) electrons. The van der Waals surface area contributed by atoms with Gasteiger partial charge in [0.25, 0.3) is 0 Å². The molecule has 1 aromatic heterocycles. The van der Waals surface area contributed by atoms with Crippen LogP contribution in [0, 0.1) is 0 Å². The monoisotopic (exact) mass is 292 g/mol. The highest BCUT2D eigenvalue weighted by Gasteiger charge is 1.97. The van der Waals surface area contributed by atoms with Crippen LogP contribution in [-0.4, -0.2) is 4.98 Å². The summed E-state index contributed by atoms with van der Waals surface area (Å²) in [5.74, 6) is 6.73. The number of anilines is 2. The van der Waals surface area contributed by atoms with Crippen LogP contribution < -0.4 is 16.6 Å². The lowest BCUT2D eigenvalue weighted by Gasteiger charge is -2.07. The van der Waals surface area contributed by atoms with Gasteiger partial charge in [-0.3, -0.25) is 0 Å². The minimum Gasteiger partial charge on any atom is -0.366 e. The number of hydrogen-bond donors (Lipinski definition) is 3. The molecule has 5 heteroatoms. The molecule has 0 amide bonds. The average Bonchev–Trinajstić information content (AvgIpc) is 2.37. The Morgan fingerprint density at radius 1 is 1.12 bits per heavy atom. The average molecular weight is 293 g/mol. The van der Waals surface area contributed by atoms with E-state index < -0.39 is 0 Å². The normalized spacial score (nSPS) is 10.0. The predicted molar refractivity (Wildman–Crippen MR) is 73.5 cm³/mol. The zero-order valence-corrected chi connectivity index (χ0v) is 10.7. The third-order valence-electron chi connectivity index (χ3n) is 2.26. The van der Waals surface area contributed by atoms with Gasteiger partial charge in [-0.15, -0.1) is 0 Å². The van der Waals surface area contributed by atoms with E-state index in [2.05, 4.69) is 43.8 Å². The smallest absolute Gasteiger partial charge is 0.142 e. The van der Waals surface area contributed by atoms with Crippen molar-refractivity contribution in [3.63, 3.8) is 0 Å². The maximum atomic E-state index is 5.30. The Kier molecular flexibility index (Phi) is 3.95. The number of benzene rings is 1. The molecule has 0 saturated carbocycles. The second kappa shape index (κ2) is 5.65. The van der Waals surface area contributed by atoms with Crippen LogP contribution in [0.3, 0.4) is 0 Å². The molecular formula is C12H13BrN4. The van der Waals surface area contributed by atoms with E-state index in [9.17, 15) is 0 Å². The summed E-state index contributed by atoms with van der Waals surface area (Å²) >= 11 is 3.44. The van der Waals surface area contributed by atoms with Crippen LogP contribution in [0.2, 0.25) is 0 Å². The fourth-order valence-corrected chi connectivity index (χ4v) is 1.90. The first kappa shape index (κ1) is 11.9. The van der Waals surface area contributed by atoms with Crippen molar-refractivity contribution in [3.8, 4) is 0 Å². The first-order chi connectivity index (χ1) is 8.28. The van der Waals surface area contributed by atoms with Crippen molar-refractivity contribution in [2.45, 2.75) is 6.54 Å². The van der Waals surface area contributed by atoms with Gasteiger partial charge in [0.1, 0.15) is 11.6 Å². The van der Waals surface area contributed by atoms with Crippen LogP contribution in [0.1, 0.15) is 5.56 Å². The largest absolute Gasteiger partial charge is 0.366 e. The van der Waals surface area contributed by atoms with Crippen molar-refractivity contribution in [2.24, 2.45) is 5.84 Å². The number of nitrogen functional groups attached to an aromatic ring is 1. The molecule has 0 aliphatic heterocycles. The summed E-state index contributed by atoms with van der Waals surface area (Å²) in [5.41, 5.74) is 3.70. The molecule has 1 aromatic carbocycles. The van der Waals surface area contributed by atoms with Crippen molar-refractivity contribution in [1.82, 2.24) is 4.98 Å². The van der Waals surface area contributed by atoms with Crippen molar-refractivity contribution in [2.75, 3.05) is 10.7 Å². The number of hydrazine groups is 1. The van der Waals surface area contributed by atoms with E-state index in [0.29, 0.717) is 5.82 Å². The Labute approximate surface area is 108 Å². The second-order valence-electron chi connectivity index (χ2n) is 3.54. The van der Waals surface area contributed by atoms with Gasteiger partial charge >= 0.3 is 0 Å². The molecule has 0 spiro atoms. The Bertz CT molecular complexity index is 501. The molecular weight excluding hydrogens is 280 g/mol. The van der Waals surface area contributed by atoms with Crippen LogP contribution in [0.4, 0.5) is 11.6 Å². The maximum absolute atomic E-state index is 5.30. The first-order valence-electron chi connectivity index (χ1n) is 5.20. The van der Waals surface area contributed by atoms with E-state index in [0.717, 1.165) is 16.8 Å². The summed E-state index contributed by atoms with van der Waals surface area (Å²) in [6.45, 7) is 0.723. The third kappa shape index (κ3) is 3.44. The summed E-state index contributed by atoms with van der Waals surface area (Å²) in [6.07, 6.45) is 0. The lowest BCUT2D eigenvalue weighted by molar-refractivity contribution is 1.10. The first-order valence-corrected chi connectivity index (χ1v) is 5.99. The molecule has 0 fully saturated rings. The van der Waals surface area contributed by atoms with Gasteiger partial charge < -0.3 is 10.7 Å². The number of nitrogens with one attached hydrogen (secondary N) is 2. The number of nitrogens with two attached hydrogens (primary N) is 1. The van der Waals surface area contributed by atoms with Crippen LogP contribution >= 0.6 is 15.9 Å². The highest BCUT2D eigenvalue weighted by atomic mass is 79.9. The molecule has 1 heterocycles. The molecule has 0 aliphatic rings. The molecule has 2 aromatic rings. The molecule has 2 rings (SSSR count). The van der Waals surface area contributed by atoms with Crippen molar-refractivity contribution < 1.29 is 0 Å². The third-order valence-corrected chi connectivity index (χ3v) is 2.75. The molecule has 0 saturated heterocycles. The van der Waals surface area contributed by atoms with Gasteiger partial charge in [-0.2, -0.15) is 0 Å². The van der Waals surface area contributed by atoms with Crippen molar-refractivity contribution in [1.29, 1.82) is 0 Å². The topological polar surface area (TPSA) is 63.0 Å². The van der Waals surface area contributed by atoms with Crippen LogP contribution in [0.5, 0.6) is 0 Å². The summed E-state index contributed by atoms with van der Waals surface area (Å²) in [6, 6.07) is 13.7. The van der Waals surface area contributed by atoms with Gasteiger partial charge in [-0.05, 0) is 29.8 Å². The Morgan fingerprint density at radius 3 is 2.65 bits per heavy atom. The van der Waals surface area contributed by atoms with Gasteiger partial charge in [-0.25, -0.2) is 10.8 Å². The van der Waals surface area contributed by atoms with E-state index in [1.165, 1.54) is 5.56 Å². The van der Waals surface area contributed by atoms with Gasteiger partial charge in [0.2, 0.25) is 0 Å².